The molecule has 0 radical (unpaired) electrons. The zero-order valence-electron chi connectivity index (χ0n) is 22.1. The molecule has 2 aliphatic rings. The molecule has 13 heteroatoms. The number of piperidine rings is 1. The number of hydrogen-bond acceptors (Lipinski definition) is 5. The fraction of sp³-hybridized carbons (Fsp3) is 0.519. The zero-order chi connectivity index (χ0) is 29.4. The van der Waals surface area contributed by atoms with Crippen molar-refractivity contribution in [1.29, 1.82) is 0 Å². The minimum atomic E-state index is -4.55. The van der Waals surface area contributed by atoms with Gasteiger partial charge in [-0.3, -0.25) is 9.59 Å². The second kappa shape index (κ2) is 11.4. The van der Waals surface area contributed by atoms with Crippen molar-refractivity contribution in [3.63, 3.8) is 0 Å². The summed E-state index contributed by atoms with van der Waals surface area (Å²) in [4.78, 5) is 31.8. The van der Waals surface area contributed by atoms with Crippen molar-refractivity contribution < 1.29 is 36.3 Å². The number of nitrogens with zero attached hydrogens (tertiary/aromatic N) is 2. The molecule has 7 nitrogen and oxygen atoms in total. The molecule has 2 N–H and O–H groups in total. The van der Waals surface area contributed by atoms with E-state index in [1.807, 2.05) is 5.32 Å². The van der Waals surface area contributed by atoms with Crippen LogP contribution in [0.1, 0.15) is 68.8 Å². The molecule has 3 heterocycles. The highest BCUT2D eigenvalue weighted by Crippen LogP contribution is 2.39. The first-order valence-corrected chi connectivity index (χ1v) is 13.2. The summed E-state index contributed by atoms with van der Waals surface area (Å²) >= 11 is 5.84. The number of rotatable bonds is 8. The van der Waals surface area contributed by atoms with Gasteiger partial charge in [-0.2, -0.15) is 13.2 Å². The summed E-state index contributed by atoms with van der Waals surface area (Å²) in [5, 5.41) is 5.05. The van der Waals surface area contributed by atoms with Crippen molar-refractivity contribution in [1.82, 2.24) is 15.6 Å². The van der Waals surface area contributed by atoms with Gasteiger partial charge in [-0.1, -0.05) is 11.6 Å². The van der Waals surface area contributed by atoms with Gasteiger partial charge in [0.1, 0.15) is 17.6 Å². The van der Waals surface area contributed by atoms with Crippen molar-refractivity contribution in [2.45, 2.75) is 88.8 Å². The number of pyridine rings is 1. The average molecular weight is 589 g/mol. The molecule has 40 heavy (non-hydrogen) atoms. The van der Waals surface area contributed by atoms with Crippen molar-refractivity contribution in [2.75, 3.05) is 4.90 Å². The summed E-state index contributed by atoms with van der Waals surface area (Å²) in [7, 11) is 0. The number of hydrogen-bond donors (Lipinski definition) is 2. The quantitative estimate of drug-likeness (QED) is 0.379. The lowest BCUT2D eigenvalue weighted by atomic mass is 9.96. The molecular formula is C27H30ClF5N4O3. The van der Waals surface area contributed by atoms with Gasteiger partial charge in [0.25, 0.3) is 18.2 Å². The number of amides is 2. The zero-order valence-corrected chi connectivity index (χ0v) is 22.8. The van der Waals surface area contributed by atoms with Crippen LogP contribution in [-0.2, 0) is 4.79 Å². The van der Waals surface area contributed by atoms with Crippen LogP contribution in [0.4, 0.5) is 27.8 Å². The normalized spacial score (nSPS) is 21.8. The predicted molar refractivity (Wildman–Crippen MR) is 139 cm³/mol. The molecule has 4 atom stereocenters. The lowest BCUT2D eigenvalue weighted by Crippen LogP contribution is -2.55. The van der Waals surface area contributed by atoms with Crippen molar-refractivity contribution in [3.8, 4) is 5.75 Å². The Morgan fingerprint density at radius 2 is 1.75 bits per heavy atom. The first-order valence-electron chi connectivity index (χ1n) is 12.8. The summed E-state index contributed by atoms with van der Waals surface area (Å²) in [6.45, 7) is 3.88. The number of alkyl halides is 5. The van der Waals surface area contributed by atoms with E-state index in [9.17, 15) is 31.5 Å². The number of aromatic nitrogens is 1. The van der Waals surface area contributed by atoms with Crippen LogP contribution in [0.2, 0.25) is 5.02 Å². The summed E-state index contributed by atoms with van der Waals surface area (Å²) in [5.74, 6) is -0.825. The smallest absolute Gasteiger partial charge is 0.408 e. The highest BCUT2D eigenvalue weighted by molar-refractivity contribution is 6.30. The lowest BCUT2D eigenvalue weighted by Gasteiger charge is -2.41. The molecule has 0 unspecified atom stereocenters. The summed E-state index contributed by atoms with van der Waals surface area (Å²) < 4.78 is 70.9. The van der Waals surface area contributed by atoms with E-state index < -0.39 is 41.6 Å². The Labute approximate surface area is 233 Å². The maximum absolute atomic E-state index is 13.5. The average Bonchev–Trinajstić information content (AvgIpc) is 3.14. The van der Waals surface area contributed by atoms with Crippen LogP contribution in [0, 0.1) is 0 Å². The summed E-state index contributed by atoms with van der Waals surface area (Å²) in [6, 6.07) is 4.82. The second-order valence-electron chi connectivity index (χ2n) is 10.7. The number of fused-ring (bicyclic) bond motifs is 2. The van der Waals surface area contributed by atoms with Crippen LogP contribution in [0.15, 0.2) is 36.5 Å². The highest BCUT2D eigenvalue weighted by atomic mass is 35.5. The van der Waals surface area contributed by atoms with Crippen LogP contribution < -0.4 is 20.3 Å². The maximum atomic E-state index is 13.5. The molecule has 4 rings (SSSR count). The predicted octanol–water partition coefficient (Wildman–Crippen LogP) is 5.83. The number of halogens is 6. The number of anilines is 1. The summed E-state index contributed by atoms with van der Waals surface area (Å²) in [6.07, 6.45) is -3.20. The van der Waals surface area contributed by atoms with E-state index in [0.717, 1.165) is 25.8 Å². The molecule has 1 aromatic heterocycles. The van der Waals surface area contributed by atoms with Gasteiger partial charge in [-0.25, -0.2) is 13.8 Å². The van der Waals surface area contributed by atoms with Crippen LogP contribution in [-0.4, -0.2) is 52.7 Å². The van der Waals surface area contributed by atoms with Crippen LogP contribution in [0.3, 0.4) is 0 Å². The second-order valence-corrected chi connectivity index (χ2v) is 11.1. The number of carbonyl (C=O) groups is 2. The van der Waals surface area contributed by atoms with E-state index in [-0.39, 0.29) is 34.5 Å². The van der Waals surface area contributed by atoms with Gasteiger partial charge in [-0.15, -0.1) is 0 Å². The van der Waals surface area contributed by atoms with E-state index in [4.69, 9.17) is 16.3 Å². The van der Waals surface area contributed by atoms with E-state index in [1.54, 1.807) is 6.07 Å². The molecule has 218 valence electrons. The van der Waals surface area contributed by atoms with Crippen molar-refractivity contribution in [2.24, 2.45) is 0 Å². The molecule has 0 saturated carbocycles. The Morgan fingerprint density at radius 3 is 2.30 bits per heavy atom. The van der Waals surface area contributed by atoms with E-state index >= 15 is 0 Å². The van der Waals surface area contributed by atoms with Gasteiger partial charge in [0.05, 0.1) is 11.1 Å². The highest BCUT2D eigenvalue weighted by Gasteiger charge is 2.43. The van der Waals surface area contributed by atoms with Crippen LogP contribution in [0.25, 0.3) is 0 Å². The van der Waals surface area contributed by atoms with Crippen molar-refractivity contribution in [3.05, 3.63) is 52.7 Å². The van der Waals surface area contributed by atoms with Gasteiger partial charge in [0.2, 0.25) is 0 Å². The number of carbonyl (C=O) groups excluding carboxylic acids is 2. The van der Waals surface area contributed by atoms with Gasteiger partial charge >= 0.3 is 6.18 Å². The first-order chi connectivity index (χ1) is 18.7. The first kappa shape index (κ1) is 29.8. The van der Waals surface area contributed by atoms with Crippen molar-refractivity contribution >= 4 is 29.2 Å². The van der Waals surface area contributed by atoms with E-state index in [2.05, 4.69) is 15.2 Å². The standard InChI is InChI=1S/C27H30ClF5N4O3/c1-14(27(31,32)33)35-24(38)15-4-9-22(34-13-15)37-18-6-7-19(37)12-17(11-18)36-25(39)26(2,3)40-21-8-5-16(28)10-20(21)23(29)30/h4-5,8-10,13-14,17-19,23H,6-7,11-12H2,1-3H3,(H,35,38)(H,36,39)/t14-,17-,18+,19-/m0/s1. The van der Waals surface area contributed by atoms with Gasteiger partial charge < -0.3 is 20.3 Å². The fourth-order valence-electron chi connectivity index (χ4n) is 5.17. The molecule has 2 bridgehead atoms. The molecule has 2 fully saturated rings. The van der Waals surface area contributed by atoms with Gasteiger partial charge in [0, 0.05) is 29.3 Å². The van der Waals surface area contributed by atoms with Crippen LogP contribution >= 0.6 is 11.6 Å². The molecule has 0 spiro atoms. The molecular weight excluding hydrogens is 559 g/mol. The minimum Gasteiger partial charge on any atom is -0.478 e. The molecule has 2 aliphatic heterocycles. The Morgan fingerprint density at radius 1 is 1.10 bits per heavy atom. The monoisotopic (exact) mass is 588 g/mol. The topological polar surface area (TPSA) is 83.6 Å². The lowest BCUT2D eigenvalue weighted by molar-refractivity contribution is -0.149. The summed E-state index contributed by atoms with van der Waals surface area (Å²) in [5.41, 5.74) is -1.81. The number of benzene rings is 1. The van der Waals surface area contributed by atoms with E-state index in [1.165, 1.54) is 38.2 Å². The van der Waals surface area contributed by atoms with E-state index in [0.29, 0.717) is 18.7 Å². The third-order valence-electron chi connectivity index (χ3n) is 7.30. The largest absolute Gasteiger partial charge is 0.478 e. The number of ether oxygens (including phenoxy) is 1. The third-order valence-corrected chi connectivity index (χ3v) is 7.54. The molecule has 2 saturated heterocycles. The Bertz CT molecular complexity index is 1230. The van der Waals surface area contributed by atoms with Gasteiger partial charge in [-0.05, 0) is 76.8 Å². The molecule has 0 aliphatic carbocycles. The minimum absolute atomic E-state index is 0.0206. The molecule has 1 aromatic carbocycles. The Kier molecular flexibility index (Phi) is 8.49. The molecule has 2 amide bonds. The maximum Gasteiger partial charge on any atom is 0.408 e. The Balaban J connectivity index is 1.37. The number of nitrogens with one attached hydrogen (secondary N) is 2. The SMILES string of the molecule is C[C@H](NC(=O)c1ccc(N2[C@@H]3CC[C@H]2C[C@@H](NC(=O)C(C)(C)Oc2ccc(Cl)cc2C(F)F)C3)nc1)C(F)(F)F. The van der Waals surface area contributed by atoms with Crippen LogP contribution in [0.5, 0.6) is 5.75 Å². The van der Waals surface area contributed by atoms with Gasteiger partial charge in [0.15, 0.2) is 5.60 Å². The third kappa shape index (κ3) is 6.59. The fourth-order valence-corrected chi connectivity index (χ4v) is 5.35. The Hall–Kier alpha value is -3.15. The molecule has 2 aromatic rings.